The van der Waals surface area contributed by atoms with Crippen LogP contribution in [-0.2, 0) is 0 Å². The Labute approximate surface area is 143 Å². The summed E-state index contributed by atoms with van der Waals surface area (Å²) in [6.07, 6.45) is 1.67. The summed E-state index contributed by atoms with van der Waals surface area (Å²) in [7, 11) is 0. The SMILES string of the molecule is C=CCOc1cccc(NC(=O)c2sc3ccccc3c2Cl)c1. The number of anilines is 1. The second kappa shape index (κ2) is 6.86. The monoisotopic (exact) mass is 343 g/mol. The van der Waals surface area contributed by atoms with Gasteiger partial charge in [-0.25, -0.2) is 0 Å². The minimum Gasteiger partial charge on any atom is -0.489 e. The first kappa shape index (κ1) is 15.6. The zero-order chi connectivity index (χ0) is 16.2. The van der Waals surface area contributed by atoms with Gasteiger partial charge in [0.15, 0.2) is 0 Å². The van der Waals surface area contributed by atoms with Crippen LogP contribution in [0.1, 0.15) is 9.67 Å². The second-order valence-corrected chi connectivity index (χ2v) is 6.25. The highest BCUT2D eigenvalue weighted by molar-refractivity contribution is 7.21. The van der Waals surface area contributed by atoms with E-state index < -0.39 is 0 Å². The van der Waals surface area contributed by atoms with Crippen LogP contribution < -0.4 is 10.1 Å². The summed E-state index contributed by atoms with van der Waals surface area (Å²) >= 11 is 7.71. The van der Waals surface area contributed by atoms with E-state index in [0.717, 1.165) is 10.1 Å². The molecule has 0 saturated carbocycles. The predicted molar refractivity (Wildman–Crippen MR) is 96.9 cm³/mol. The molecule has 0 radical (unpaired) electrons. The van der Waals surface area contributed by atoms with Gasteiger partial charge in [0.05, 0.1) is 5.02 Å². The predicted octanol–water partition coefficient (Wildman–Crippen LogP) is 5.37. The Morgan fingerprint density at radius 3 is 2.87 bits per heavy atom. The normalized spacial score (nSPS) is 10.5. The topological polar surface area (TPSA) is 38.3 Å². The van der Waals surface area contributed by atoms with Crippen molar-refractivity contribution in [2.24, 2.45) is 0 Å². The first-order valence-corrected chi connectivity index (χ1v) is 8.20. The summed E-state index contributed by atoms with van der Waals surface area (Å²) < 4.78 is 6.45. The number of hydrogen-bond acceptors (Lipinski definition) is 3. The highest BCUT2D eigenvalue weighted by Gasteiger charge is 2.17. The summed E-state index contributed by atoms with van der Waals surface area (Å²) in [5.74, 6) is 0.446. The van der Waals surface area contributed by atoms with Gasteiger partial charge in [0, 0.05) is 21.8 Å². The zero-order valence-electron chi connectivity index (χ0n) is 12.2. The number of fused-ring (bicyclic) bond motifs is 1. The summed E-state index contributed by atoms with van der Waals surface area (Å²) in [4.78, 5) is 13.0. The van der Waals surface area contributed by atoms with Crippen molar-refractivity contribution >= 4 is 44.6 Å². The number of ether oxygens (including phenoxy) is 1. The second-order valence-electron chi connectivity index (χ2n) is 4.82. The van der Waals surface area contributed by atoms with Crippen LogP contribution in [0.3, 0.4) is 0 Å². The van der Waals surface area contributed by atoms with Gasteiger partial charge in [0.1, 0.15) is 17.2 Å². The van der Waals surface area contributed by atoms with E-state index in [4.69, 9.17) is 16.3 Å². The lowest BCUT2D eigenvalue weighted by Crippen LogP contribution is -2.10. The molecule has 0 aliphatic carbocycles. The van der Waals surface area contributed by atoms with Crippen molar-refractivity contribution in [1.82, 2.24) is 0 Å². The molecule has 0 atom stereocenters. The summed E-state index contributed by atoms with van der Waals surface area (Å²) in [5, 5.41) is 4.24. The van der Waals surface area contributed by atoms with Crippen molar-refractivity contribution in [3.63, 3.8) is 0 Å². The number of thiophene rings is 1. The van der Waals surface area contributed by atoms with Crippen molar-refractivity contribution in [3.8, 4) is 5.75 Å². The number of carbonyl (C=O) groups is 1. The molecule has 0 aliphatic heterocycles. The molecule has 0 saturated heterocycles. The van der Waals surface area contributed by atoms with Crippen LogP contribution in [0.15, 0.2) is 61.2 Å². The van der Waals surface area contributed by atoms with Crippen LogP contribution in [0.4, 0.5) is 5.69 Å². The van der Waals surface area contributed by atoms with E-state index in [2.05, 4.69) is 11.9 Å². The van der Waals surface area contributed by atoms with Crippen LogP contribution in [0.25, 0.3) is 10.1 Å². The van der Waals surface area contributed by atoms with E-state index in [1.54, 1.807) is 18.2 Å². The molecule has 0 bridgehead atoms. The minimum atomic E-state index is -0.225. The van der Waals surface area contributed by atoms with Crippen molar-refractivity contribution in [3.05, 3.63) is 71.1 Å². The number of benzene rings is 2. The molecule has 3 nitrogen and oxygen atoms in total. The van der Waals surface area contributed by atoms with Crippen molar-refractivity contribution in [1.29, 1.82) is 0 Å². The molecule has 3 aromatic rings. The van der Waals surface area contributed by atoms with Crippen LogP contribution in [0, 0.1) is 0 Å². The summed E-state index contributed by atoms with van der Waals surface area (Å²) in [5.41, 5.74) is 0.657. The Kier molecular flexibility index (Phi) is 4.65. The summed E-state index contributed by atoms with van der Waals surface area (Å²) in [6.45, 7) is 4.02. The highest BCUT2D eigenvalue weighted by Crippen LogP contribution is 2.35. The number of halogens is 1. The van der Waals surface area contributed by atoms with E-state index in [0.29, 0.717) is 27.9 Å². The molecule has 0 spiro atoms. The highest BCUT2D eigenvalue weighted by atomic mass is 35.5. The first-order valence-electron chi connectivity index (χ1n) is 7.01. The molecular weight excluding hydrogens is 330 g/mol. The van der Waals surface area contributed by atoms with Gasteiger partial charge < -0.3 is 10.1 Å². The van der Waals surface area contributed by atoms with Crippen molar-refractivity contribution in [2.45, 2.75) is 0 Å². The third-order valence-corrected chi connectivity index (χ3v) is 4.88. The molecule has 23 heavy (non-hydrogen) atoms. The van der Waals surface area contributed by atoms with Gasteiger partial charge >= 0.3 is 0 Å². The molecule has 5 heteroatoms. The fourth-order valence-corrected chi connectivity index (χ4v) is 3.58. The third-order valence-electron chi connectivity index (χ3n) is 3.20. The molecule has 1 aromatic heterocycles. The lowest BCUT2D eigenvalue weighted by Gasteiger charge is -2.07. The van der Waals surface area contributed by atoms with Crippen LogP contribution in [-0.4, -0.2) is 12.5 Å². The smallest absolute Gasteiger partial charge is 0.267 e. The van der Waals surface area contributed by atoms with Gasteiger partial charge in [0.2, 0.25) is 0 Å². The fourth-order valence-electron chi connectivity index (χ4n) is 2.17. The Morgan fingerprint density at radius 1 is 1.26 bits per heavy atom. The lowest BCUT2D eigenvalue weighted by atomic mass is 10.2. The molecule has 0 fully saturated rings. The molecule has 0 unspecified atom stereocenters. The van der Waals surface area contributed by atoms with Gasteiger partial charge in [0.25, 0.3) is 5.91 Å². The molecule has 0 aliphatic rings. The Bertz CT molecular complexity index is 872. The maximum atomic E-state index is 12.5. The number of rotatable bonds is 5. The summed E-state index contributed by atoms with van der Waals surface area (Å²) in [6, 6.07) is 14.9. The van der Waals surface area contributed by atoms with Gasteiger partial charge in [-0.05, 0) is 18.2 Å². The molecular formula is C18H14ClNO2S. The van der Waals surface area contributed by atoms with Crippen molar-refractivity contribution < 1.29 is 9.53 Å². The maximum Gasteiger partial charge on any atom is 0.267 e. The van der Waals surface area contributed by atoms with Crippen LogP contribution in [0.2, 0.25) is 5.02 Å². The number of carbonyl (C=O) groups excluding carboxylic acids is 1. The van der Waals surface area contributed by atoms with Crippen molar-refractivity contribution in [2.75, 3.05) is 11.9 Å². The number of amides is 1. The molecule has 3 rings (SSSR count). The van der Waals surface area contributed by atoms with E-state index in [1.807, 2.05) is 36.4 Å². The molecule has 1 amide bonds. The van der Waals surface area contributed by atoms with Crippen LogP contribution >= 0.6 is 22.9 Å². The van der Waals surface area contributed by atoms with Gasteiger partial charge in [-0.15, -0.1) is 11.3 Å². The van der Waals surface area contributed by atoms with Gasteiger partial charge in [-0.1, -0.05) is 48.5 Å². The minimum absolute atomic E-state index is 0.225. The van der Waals surface area contributed by atoms with E-state index in [9.17, 15) is 4.79 Å². The fraction of sp³-hybridized carbons (Fsp3) is 0.0556. The molecule has 2 aromatic carbocycles. The largest absolute Gasteiger partial charge is 0.489 e. The number of hydrogen-bond donors (Lipinski definition) is 1. The number of nitrogens with one attached hydrogen (secondary N) is 1. The average molecular weight is 344 g/mol. The molecule has 1 heterocycles. The van der Waals surface area contributed by atoms with E-state index >= 15 is 0 Å². The third kappa shape index (κ3) is 3.38. The quantitative estimate of drug-likeness (QED) is 0.632. The maximum absolute atomic E-state index is 12.5. The Hall–Kier alpha value is -2.30. The zero-order valence-corrected chi connectivity index (χ0v) is 13.8. The average Bonchev–Trinajstić information content (AvgIpc) is 2.91. The van der Waals surface area contributed by atoms with Crippen LogP contribution in [0.5, 0.6) is 5.75 Å². The van der Waals surface area contributed by atoms with Gasteiger partial charge in [-0.2, -0.15) is 0 Å². The Morgan fingerprint density at radius 2 is 2.09 bits per heavy atom. The molecule has 1 N–H and O–H groups in total. The van der Waals surface area contributed by atoms with Gasteiger partial charge in [-0.3, -0.25) is 4.79 Å². The van der Waals surface area contributed by atoms with E-state index in [-0.39, 0.29) is 5.91 Å². The standard InChI is InChI=1S/C18H14ClNO2S/c1-2-10-22-13-7-5-6-12(11-13)20-18(21)17-16(19)14-8-3-4-9-15(14)23-17/h2-9,11H,1,10H2,(H,20,21). The Balaban J connectivity index is 1.83. The molecule has 116 valence electrons. The van der Waals surface area contributed by atoms with E-state index in [1.165, 1.54) is 11.3 Å². The lowest BCUT2D eigenvalue weighted by molar-refractivity contribution is 0.103. The first-order chi connectivity index (χ1) is 11.2.